The SMILES string of the molecule is O=C(Cn1cccn1)N[C@@H]1COC[C@H]1Cc1ccncc1. The molecule has 21 heavy (non-hydrogen) atoms. The second kappa shape index (κ2) is 6.49. The lowest BCUT2D eigenvalue weighted by Gasteiger charge is -2.19. The number of carbonyl (C=O) groups is 1. The van der Waals surface area contributed by atoms with Crippen molar-refractivity contribution in [2.45, 2.75) is 19.0 Å². The fourth-order valence-electron chi connectivity index (χ4n) is 2.57. The van der Waals surface area contributed by atoms with Crippen molar-refractivity contribution in [2.24, 2.45) is 5.92 Å². The van der Waals surface area contributed by atoms with Gasteiger partial charge in [-0.05, 0) is 30.2 Å². The molecule has 0 aliphatic carbocycles. The molecule has 6 heteroatoms. The number of pyridine rings is 1. The Labute approximate surface area is 123 Å². The van der Waals surface area contributed by atoms with E-state index in [-0.39, 0.29) is 18.5 Å². The molecule has 2 aromatic rings. The number of carbonyl (C=O) groups excluding carboxylic acids is 1. The molecule has 2 aromatic heterocycles. The number of hydrogen-bond donors (Lipinski definition) is 1. The van der Waals surface area contributed by atoms with Crippen LogP contribution in [-0.2, 0) is 22.5 Å². The van der Waals surface area contributed by atoms with Crippen LogP contribution in [0.1, 0.15) is 5.56 Å². The van der Waals surface area contributed by atoms with Gasteiger partial charge in [-0.15, -0.1) is 0 Å². The molecule has 110 valence electrons. The molecule has 0 radical (unpaired) electrons. The van der Waals surface area contributed by atoms with Gasteiger partial charge in [0.2, 0.25) is 5.91 Å². The van der Waals surface area contributed by atoms with Crippen LogP contribution in [0.4, 0.5) is 0 Å². The van der Waals surface area contributed by atoms with Crippen LogP contribution in [0.2, 0.25) is 0 Å². The molecule has 1 amide bonds. The van der Waals surface area contributed by atoms with E-state index in [0.717, 1.165) is 6.42 Å². The van der Waals surface area contributed by atoms with Gasteiger partial charge in [0.1, 0.15) is 6.54 Å². The number of rotatable bonds is 5. The first-order valence-electron chi connectivity index (χ1n) is 7.05. The van der Waals surface area contributed by atoms with Crippen LogP contribution >= 0.6 is 0 Å². The average molecular weight is 286 g/mol. The minimum absolute atomic E-state index is 0.0334. The first kappa shape index (κ1) is 13.8. The molecule has 2 atom stereocenters. The molecule has 0 aromatic carbocycles. The van der Waals surface area contributed by atoms with E-state index in [1.807, 2.05) is 12.1 Å². The molecular weight excluding hydrogens is 268 g/mol. The minimum Gasteiger partial charge on any atom is -0.379 e. The maximum absolute atomic E-state index is 12.0. The summed E-state index contributed by atoms with van der Waals surface area (Å²) in [6, 6.07) is 5.86. The molecule has 3 rings (SSSR count). The van der Waals surface area contributed by atoms with Crippen molar-refractivity contribution in [1.82, 2.24) is 20.1 Å². The lowest BCUT2D eigenvalue weighted by atomic mass is 9.95. The molecule has 0 bridgehead atoms. The van der Waals surface area contributed by atoms with Crippen LogP contribution < -0.4 is 5.32 Å². The van der Waals surface area contributed by atoms with Crippen molar-refractivity contribution >= 4 is 5.91 Å². The quantitative estimate of drug-likeness (QED) is 0.876. The third-order valence-electron chi connectivity index (χ3n) is 3.66. The maximum atomic E-state index is 12.0. The van der Waals surface area contributed by atoms with E-state index in [1.54, 1.807) is 35.5 Å². The lowest BCUT2D eigenvalue weighted by molar-refractivity contribution is -0.122. The van der Waals surface area contributed by atoms with Crippen LogP contribution in [0, 0.1) is 5.92 Å². The zero-order valence-corrected chi connectivity index (χ0v) is 11.7. The van der Waals surface area contributed by atoms with Crippen molar-refractivity contribution in [3.05, 3.63) is 48.5 Å². The summed E-state index contributed by atoms with van der Waals surface area (Å²) in [6.07, 6.45) is 7.90. The number of amides is 1. The van der Waals surface area contributed by atoms with Crippen molar-refractivity contribution in [2.75, 3.05) is 13.2 Å². The zero-order valence-electron chi connectivity index (χ0n) is 11.7. The Morgan fingerprint density at radius 2 is 2.19 bits per heavy atom. The third kappa shape index (κ3) is 3.66. The third-order valence-corrected chi connectivity index (χ3v) is 3.66. The molecule has 1 fully saturated rings. The van der Waals surface area contributed by atoms with Gasteiger partial charge in [-0.25, -0.2) is 0 Å². The van der Waals surface area contributed by atoms with Crippen LogP contribution in [0.5, 0.6) is 0 Å². The lowest BCUT2D eigenvalue weighted by Crippen LogP contribution is -2.42. The van der Waals surface area contributed by atoms with E-state index >= 15 is 0 Å². The summed E-state index contributed by atoms with van der Waals surface area (Å²) in [7, 11) is 0. The fourth-order valence-corrected chi connectivity index (χ4v) is 2.57. The summed E-state index contributed by atoms with van der Waals surface area (Å²) in [5, 5.41) is 7.08. The molecule has 6 nitrogen and oxygen atoms in total. The Bertz CT molecular complexity index is 571. The van der Waals surface area contributed by atoms with Gasteiger partial charge in [0.15, 0.2) is 0 Å². The molecule has 1 saturated heterocycles. The van der Waals surface area contributed by atoms with E-state index in [9.17, 15) is 4.79 Å². The number of nitrogens with one attached hydrogen (secondary N) is 1. The highest BCUT2D eigenvalue weighted by Gasteiger charge is 2.29. The molecule has 1 aliphatic heterocycles. The fraction of sp³-hybridized carbons (Fsp3) is 0.400. The highest BCUT2D eigenvalue weighted by atomic mass is 16.5. The number of aromatic nitrogens is 3. The molecule has 0 unspecified atom stereocenters. The van der Waals surface area contributed by atoms with Crippen molar-refractivity contribution in [3.63, 3.8) is 0 Å². The number of ether oxygens (including phenoxy) is 1. The highest BCUT2D eigenvalue weighted by Crippen LogP contribution is 2.18. The van der Waals surface area contributed by atoms with E-state index in [1.165, 1.54) is 5.56 Å². The maximum Gasteiger partial charge on any atom is 0.242 e. The van der Waals surface area contributed by atoms with E-state index < -0.39 is 0 Å². The zero-order chi connectivity index (χ0) is 14.5. The van der Waals surface area contributed by atoms with Crippen LogP contribution in [0.3, 0.4) is 0 Å². The predicted molar refractivity (Wildman–Crippen MR) is 76.4 cm³/mol. The second-order valence-electron chi connectivity index (χ2n) is 5.23. The van der Waals surface area contributed by atoms with E-state index in [0.29, 0.717) is 19.1 Å². The Morgan fingerprint density at radius 3 is 2.95 bits per heavy atom. The molecule has 3 heterocycles. The number of hydrogen-bond acceptors (Lipinski definition) is 4. The summed E-state index contributed by atoms with van der Waals surface area (Å²) in [6.45, 7) is 1.49. The Kier molecular flexibility index (Phi) is 4.25. The molecule has 0 saturated carbocycles. The first-order valence-corrected chi connectivity index (χ1v) is 7.05. The molecule has 1 aliphatic rings. The van der Waals surface area contributed by atoms with Gasteiger partial charge in [-0.1, -0.05) is 0 Å². The standard InChI is InChI=1S/C15H18N4O2/c20-15(9-19-7-1-4-17-19)18-14-11-21-10-13(14)8-12-2-5-16-6-3-12/h1-7,13-14H,8-11H2,(H,18,20)/t13-,14-/m1/s1. The second-order valence-corrected chi connectivity index (χ2v) is 5.23. The summed E-state index contributed by atoms with van der Waals surface area (Å²) in [4.78, 5) is 16.0. The Hall–Kier alpha value is -2.21. The summed E-state index contributed by atoms with van der Waals surface area (Å²) < 4.78 is 7.14. The van der Waals surface area contributed by atoms with Gasteiger partial charge < -0.3 is 10.1 Å². The van der Waals surface area contributed by atoms with Crippen molar-refractivity contribution < 1.29 is 9.53 Å². The van der Waals surface area contributed by atoms with Crippen LogP contribution in [0.25, 0.3) is 0 Å². The van der Waals surface area contributed by atoms with E-state index in [2.05, 4.69) is 15.4 Å². The smallest absolute Gasteiger partial charge is 0.242 e. The number of nitrogens with zero attached hydrogens (tertiary/aromatic N) is 3. The molecular formula is C15H18N4O2. The molecule has 1 N–H and O–H groups in total. The van der Waals surface area contributed by atoms with Gasteiger partial charge in [-0.2, -0.15) is 5.10 Å². The van der Waals surface area contributed by atoms with Crippen LogP contribution in [0.15, 0.2) is 43.0 Å². The van der Waals surface area contributed by atoms with Crippen molar-refractivity contribution in [3.8, 4) is 0 Å². The summed E-state index contributed by atoms with van der Waals surface area (Å²) >= 11 is 0. The van der Waals surface area contributed by atoms with Crippen LogP contribution in [-0.4, -0.2) is 39.9 Å². The van der Waals surface area contributed by atoms with Gasteiger partial charge in [0.25, 0.3) is 0 Å². The van der Waals surface area contributed by atoms with Gasteiger partial charge in [-0.3, -0.25) is 14.5 Å². The van der Waals surface area contributed by atoms with Gasteiger partial charge >= 0.3 is 0 Å². The van der Waals surface area contributed by atoms with Gasteiger partial charge in [0.05, 0.1) is 19.3 Å². The molecule has 0 spiro atoms. The summed E-state index contributed by atoms with van der Waals surface area (Å²) in [5.41, 5.74) is 1.21. The normalized spacial score (nSPS) is 21.3. The monoisotopic (exact) mass is 286 g/mol. The Balaban J connectivity index is 1.55. The largest absolute Gasteiger partial charge is 0.379 e. The summed E-state index contributed by atoms with van der Waals surface area (Å²) in [5.74, 6) is 0.267. The van der Waals surface area contributed by atoms with Crippen molar-refractivity contribution in [1.29, 1.82) is 0 Å². The van der Waals surface area contributed by atoms with Gasteiger partial charge in [0, 0.05) is 30.7 Å². The highest BCUT2D eigenvalue weighted by molar-refractivity contribution is 5.76. The first-order chi connectivity index (χ1) is 10.3. The predicted octanol–water partition coefficient (Wildman–Crippen LogP) is 0.652. The average Bonchev–Trinajstić information content (AvgIpc) is 3.13. The minimum atomic E-state index is -0.0334. The Morgan fingerprint density at radius 1 is 1.33 bits per heavy atom. The van der Waals surface area contributed by atoms with E-state index in [4.69, 9.17) is 4.74 Å². The topological polar surface area (TPSA) is 69.0 Å².